The molecule has 1 aromatic carbocycles. The van der Waals surface area contributed by atoms with Gasteiger partial charge >= 0.3 is 0 Å². The van der Waals surface area contributed by atoms with Crippen LogP contribution < -0.4 is 16.0 Å². The van der Waals surface area contributed by atoms with Crippen LogP contribution in [-0.2, 0) is 14.3 Å². The normalized spacial score (nSPS) is 23.3. The highest BCUT2D eigenvalue weighted by atomic mass is 16.5. The lowest BCUT2D eigenvalue weighted by Gasteiger charge is -2.27. The van der Waals surface area contributed by atoms with E-state index in [2.05, 4.69) is 16.0 Å². The lowest BCUT2D eigenvalue weighted by Crippen LogP contribution is -2.54. The summed E-state index contributed by atoms with van der Waals surface area (Å²) in [6.45, 7) is 3.43. The van der Waals surface area contributed by atoms with E-state index in [4.69, 9.17) is 4.74 Å². The maximum absolute atomic E-state index is 13.1. The third-order valence-electron chi connectivity index (χ3n) is 6.21. The third kappa shape index (κ3) is 4.83. The molecule has 172 valence electrons. The van der Waals surface area contributed by atoms with Gasteiger partial charge in [-0.1, -0.05) is 6.07 Å². The number of carbonyl (C=O) groups excluding carboxylic acids is 4. The Bertz CT molecular complexity index is 896. The van der Waals surface area contributed by atoms with Gasteiger partial charge in [-0.15, -0.1) is 0 Å². The van der Waals surface area contributed by atoms with Gasteiger partial charge in [-0.3, -0.25) is 29.4 Å². The van der Waals surface area contributed by atoms with Crippen molar-refractivity contribution in [3.63, 3.8) is 0 Å². The number of carbonyl (C=O) groups is 4. The predicted molar refractivity (Wildman–Crippen MR) is 117 cm³/mol. The molecule has 4 amide bonds. The summed E-state index contributed by atoms with van der Waals surface area (Å²) in [7, 11) is 0. The number of anilines is 1. The van der Waals surface area contributed by atoms with Crippen LogP contribution in [0.5, 0.6) is 0 Å². The summed E-state index contributed by atoms with van der Waals surface area (Å²) >= 11 is 0. The number of rotatable bonds is 9. The molecule has 0 spiro atoms. The first-order valence-electron chi connectivity index (χ1n) is 11.5. The Morgan fingerprint density at radius 1 is 1.06 bits per heavy atom. The molecule has 0 radical (unpaired) electrons. The molecule has 4 rings (SSSR count). The number of nitrogens with one attached hydrogen (secondary N) is 3. The number of hydrogen-bond donors (Lipinski definition) is 3. The molecular weight excluding hydrogens is 412 g/mol. The fourth-order valence-electron chi connectivity index (χ4n) is 4.50. The Morgan fingerprint density at radius 3 is 2.72 bits per heavy atom. The SMILES string of the molecule is O=C1CCC(N2C(=O)c3cccc(NCCCCCOC4CCCNC4)c3C2=O)C(=O)N1. The molecule has 3 aliphatic heterocycles. The van der Waals surface area contributed by atoms with Crippen molar-refractivity contribution in [2.45, 2.75) is 57.1 Å². The van der Waals surface area contributed by atoms with E-state index < -0.39 is 23.8 Å². The second-order valence-corrected chi connectivity index (χ2v) is 8.50. The Labute approximate surface area is 187 Å². The second-order valence-electron chi connectivity index (χ2n) is 8.50. The molecule has 9 nitrogen and oxygen atoms in total. The lowest BCUT2D eigenvalue weighted by atomic mass is 10.0. The van der Waals surface area contributed by atoms with Crippen molar-refractivity contribution in [2.75, 3.05) is 31.6 Å². The first-order chi connectivity index (χ1) is 15.6. The van der Waals surface area contributed by atoms with E-state index in [1.165, 1.54) is 0 Å². The molecule has 32 heavy (non-hydrogen) atoms. The number of nitrogens with zero attached hydrogens (tertiary/aromatic N) is 1. The fourth-order valence-corrected chi connectivity index (χ4v) is 4.50. The minimum absolute atomic E-state index is 0.107. The van der Waals surface area contributed by atoms with Gasteiger partial charge in [0.2, 0.25) is 11.8 Å². The molecule has 0 bridgehead atoms. The highest BCUT2D eigenvalue weighted by Crippen LogP contribution is 2.32. The van der Waals surface area contributed by atoms with Gasteiger partial charge in [-0.2, -0.15) is 0 Å². The summed E-state index contributed by atoms with van der Waals surface area (Å²) in [5.41, 5.74) is 1.19. The van der Waals surface area contributed by atoms with Crippen molar-refractivity contribution in [1.29, 1.82) is 0 Å². The Morgan fingerprint density at radius 2 is 1.94 bits per heavy atom. The van der Waals surface area contributed by atoms with Crippen molar-refractivity contribution in [1.82, 2.24) is 15.5 Å². The van der Waals surface area contributed by atoms with Crippen molar-refractivity contribution in [3.05, 3.63) is 29.3 Å². The summed E-state index contributed by atoms with van der Waals surface area (Å²) in [5, 5.41) is 8.83. The second kappa shape index (κ2) is 10.2. The monoisotopic (exact) mass is 442 g/mol. The summed E-state index contributed by atoms with van der Waals surface area (Å²) in [4.78, 5) is 50.5. The van der Waals surface area contributed by atoms with Gasteiger partial charge in [0.15, 0.2) is 0 Å². The first kappa shape index (κ1) is 22.4. The van der Waals surface area contributed by atoms with E-state index >= 15 is 0 Å². The highest BCUT2D eigenvalue weighted by Gasteiger charge is 2.45. The summed E-state index contributed by atoms with van der Waals surface area (Å²) < 4.78 is 5.89. The standard InChI is InChI=1S/C23H30N4O5/c28-19-10-9-18(21(29)26-19)27-22(30)16-7-4-8-17(20(16)23(27)31)25-12-2-1-3-13-32-15-6-5-11-24-14-15/h4,7-8,15,18,24-25H,1-3,5-6,9-14H2,(H,26,28,29). The van der Waals surface area contributed by atoms with Gasteiger partial charge in [-0.25, -0.2) is 0 Å². The predicted octanol–water partition coefficient (Wildman–Crippen LogP) is 1.44. The maximum atomic E-state index is 13.1. The number of piperidine rings is 2. The molecule has 3 N–H and O–H groups in total. The minimum Gasteiger partial charge on any atom is -0.384 e. The number of hydrogen-bond acceptors (Lipinski definition) is 7. The van der Waals surface area contributed by atoms with Crippen molar-refractivity contribution < 1.29 is 23.9 Å². The number of amides is 4. The molecular formula is C23H30N4O5. The third-order valence-corrected chi connectivity index (χ3v) is 6.21. The smallest absolute Gasteiger partial charge is 0.264 e. The Kier molecular flexibility index (Phi) is 7.16. The zero-order valence-corrected chi connectivity index (χ0v) is 18.2. The minimum atomic E-state index is -0.952. The fraction of sp³-hybridized carbons (Fsp3) is 0.565. The number of fused-ring (bicyclic) bond motifs is 1. The van der Waals surface area contributed by atoms with Crippen molar-refractivity contribution in [3.8, 4) is 0 Å². The van der Waals surface area contributed by atoms with Crippen LogP contribution in [-0.4, -0.2) is 66.9 Å². The van der Waals surface area contributed by atoms with Crippen LogP contribution in [0.3, 0.4) is 0 Å². The van der Waals surface area contributed by atoms with E-state index in [-0.39, 0.29) is 18.7 Å². The molecule has 3 aliphatic rings. The number of imide groups is 2. The van der Waals surface area contributed by atoms with E-state index in [9.17, 15) is 19.2 Å². The maximum Gasteiger partial charge on any atom is 0.264 e. The topological polar surface area (TPSA) is 117 Å². The van der Waals surface area contributed by atoms with Crippen LogP contribution in [0.2, 0.25) is 0 Å². The van der Waals surface area contributed by atoms with Gasteiger partial charge in [-0.05, 0) is 57.2 Å². The summed E-state index contributed by atoms with van der Waals surface area (Å²) in [5.74, 6) is -1.96. The lowest BCUT2D eigenvalue weighted by molar-refractivity contribution is -0.136. The molecule has 2 unspecified atom stereocenters. The number of ether oxygens (including phenoxy) is 1. The van der Waals surface area contributed by atoms with E-state index in [0.717, 1.165) is 56.7 Å². The van der Waals surface area contributed by atoms with Gasteiger partial charge < -0.3 is 15.4 Å². The molecule has 3 heterocycles. The molecule has 2 atom stereocenters. The van der Waals surface area contributed by atoms with Gasteiger partial charge in [0.25, 0.3) is 11.8 Å². The van der Waals surface area contributed by atoms with Crippen LogP contribution in [0.4, 0.5) is 5.69 Å². The molecule has 0 saturated carbocycles. The summed E-state index contributed by atoms with van der Waals surface area (Å²) in [6, 6.07) is 4.15. The van der Waals surface area contributed by atoms with Crippen molar-refractivity contribution in [2.24, 2.45) is 0 Å². The molecule has 2 saturated heterocycles. The average molecular weight is 443 g/mol. The Hall–Kier alpha value is -2.78. The Balaban J connectivity index is 1.28. The quantitative estimate of drug-likeness (QED) is 0.391. The molecule has 0 aliphatic carbocycles. The van der Waals surface area contributed by atoms with E-state index in [1.54, 1.807) is 18.2 Å². The zero-order valence-electron chi connectivity index (χ0n) is 18.2. The van der Waals surface area contributed by atoms with Gasteiger partial charge in [0.1, 0.15) is 6.04 Å². The first-order valence-corrected chi connectivity index (χ1v) is 11.5. The van der Waals surface area contributed by atoms with Crippen LogP contribution in [0.25, 0.3) is 0 Å². The summed E-state index contributed by atoms with van der Waals surface area (Å²) in [6.07, 6.45) is 5.75. The van der Waals surface area contributed by atoms with Gasteiger partial charge in [0.05, 0.1) is 17.2 Å². The van der Waals surface area contributed by atoms with E-state index in [0.29, 0.717) is 29.5 Å². The largest absolute Gasteiger partial charge is 0.384 e. The van der Waals surface area contributed by atoms with Crippen LogP contribution in [0, 0.1) is 0 Å². The van der Waals surface area contributed by atoms with Crippen LogP contribution in [0.1, 0.15) is 65.7 Å². The van der Waals surface area contributed by atoms with Crippen molar-refractivity contribution >= 4 is 29.3 Å². The molecule has 9 heteroatoms. The molecule has 0 aromatic heterocycles. The average Bonchev–Trinajstić information content (AvgIpc) is 3.05. The van der Waals surface area contributed by atoms with Crippen LogP contribution >= 0.6 is 0 Å². The van der Waals surface area contributed by atoms with Gasteiger partial charge in [0, 0.05) is 31.8 Å². The molecule has 2 fully saturated rings. The van der Waals surface area contributed by atoms with E-state index in [1.807, 2.05) is 0 Å². The van der Waals surface area contributed by atoms with Crippen LogP contribution in [0.15, 0.2) is 18.2 Å². The zero-order chi connectivity index (χ0) is 22.5. The highest BCUT2D eigenvalue weighted by molar-refractivity contribution is 6.25. The number of benzene rings is 1. The molecule has 1 aromatic rings. The number of unbranched alkanes of at least 4 members (excludes halogenated alkanes) is 2.